The Morgan fingerprint density at radius 2 is 1.56 bits per heavy atom. The molecular weight excluding hydrogens is 448 g/mol. The SMILES string of the molecule is NC(CCC(=O)O)C(=O)N1CCCC1C(=O)NC(CS)C(=O)NC(CCC(=O)O)C(=O)O. The number of carboxylic acid groups (broad SMARTS) is 3. The van der Waals surface area contributed by atoms with Crippen molar-refractivity contribution in [3.05, 3.63) is 0 Å². The molecule has 1 rings (SSSR count). The molecule has 0 aromatic heterocycles. The fourth-order valence-electron chi connectivity index (χ4n) is 3.18. The predicted molar refractivity (Wildman–Crippen MR) is 112 cm³/mol. The molecule has 0 saturated carbocycles. The highest BCUT2D eigenvalue weighted by Gasteiger charge is 2.37. The number of thiol groups is 1. The summed E-state index contributed by atoms with van der Waals surface area (Å²) in [4.78, 5) is 71.5. The van der Waals surface area contributed by atoms with E-state index >= 15 is 0 Å². The summed E-state index contributed by atoms with van der Waals surface area (Å²) in [5.41, 5.74) is 5.76. The molecule has 0 aliphatic carbocycles. The van der Waals surface area contributed by atoms with Crippen LogP contribution in [0.3, 0.4) is 0 Å². The first kappa shape index (κ1) is 27.2. The minimum atomic E-state index is -1.46. The number of carboxylic acids is 3. The van der Waals surface area contributed by atoms with Crippen LogP contribution in [0.25, 0.3) is 0 Å². The second-order valence-corrected chi connectivity index (χ2v) is 7.67. The Kier molecular flexibility index (Phi) is 10.9. The molecule has 1 fully saturated rings. The Balaban J connectivity index is 2.76. The van der Waals surface area contributed by atoms with Crippen molar-refractivity contribution in [3.8, 4) is 0 Å². The molecule has 3 amide bonds. The second kappa shape index (κ2) is 12.9. The van der Waals surface area contributed by atoms with Crippen molar-refractivity contribution in [1.82, 2.24) is 15.5 Å². The van der Waals surface area contributed by atoms with E-state index in [0.717, 1.165) is 0 Å². The Labute approximate surface area is 189 Å². The third kappa shape index (κ3) is 8.34. The van der Waals surface area contributed by atoms with E-state index in [1.54, 1.807) is 0 Å². The Morgan fingerprint density at radius 1 is 0.969 bits per heavy atom. The Morgan fingerprint density at radius 3 is 2.09 bits per heavy atom. The van der Waals surface area contributed by atoms with Gasteiger partial charge in [-0.2, -0.15) is 12.6 Å². The fourth-order valence-corrected chi connectivity index (χ4v) is 3.44. The van der Waals surface area contributed by atoms with Crippen molar-refractivity contribution >= 4 is 48.3 Å². The van der Waals surface area contributed by atoms with Gasteiger partial charge in [0.05, 0.1) is 6.04 Å². The summed E-state index contributed by atoms with van der Waals surface area (Å²) in [6.45, 7) is 0.242. The van der Waals surface area contributed by atoms with Crippen LogP contribution >= 0.6 is 12.6 Å². The van der Waals surface area contributed by atoms with E-state index < -0.39 is 66.2 Å². The van der Waals surface area contributed by atoms with Gasteiger partial charge in [0.25, 0.3) is 0 Å². The number of rotatable bonds is 13. The molecule has 4 atom stereocenters. The molecule has 32 heavy (non-hydrogen) atoms. The lowest BCUT2D eigenvalue weighted by Crippen LogP contribution is -2.57. The van der Waals surface area contributed by atoms with Crippen LogP contribution < -0.4 is 16.4 Å². The number of amides is 3. The van der Waals surface area contributed by atoms with Gasteiger partial charge in [-0.05, 0) is 25.7 Å². The van der Waals surface area contributed by atoms with Crippen LogP contribution in [-0.2, 0) is 28.8 Å². The van der Waals surface area contributed by atoms with Gasteiger partial charge < -0.3 is 36.6 Å². The zero-order valence-corrected chi connectivity index (χ0v) is 18.1. The van der Waals surface area contributed by atoms with Gasteiger partial charge in [-0.3, -0.25) is 24.0 Å². The average molecular weight is 477 g/mol. The Hall–Kier alpha value is -2.87. The van der Waals surface area contributed by atoms with Crippen molar-refractivity contribution in [2.45, 2.75) is 62.7 Å². The van der Waals surface area contributed by atoms with Crippen LogP contribution in [0.4, 0.5) is 0 Å². The molecule has 1 aliphatic heterocycles. The number of hydrogen-bond donors (Lipinski definition) is 7. The van der Waals surface area contributed by atoms with Crippen LogP contribution in [0.2, 0.25) is 0 Å². The molecule has 13 nitrogen and oxygen atoms in total. The summed E-state index contributed by atoms with van der Waals surface area (Å²) in [6, 6.07) is -4.70. The van der Waals surface area contributed by atoms with Crippen LogP contribution in [0.5, 0.6) is 0 Å². The van der Waals surface area contributed by atoms with Crippen molar-refractivity contribution < 1.29 is 44.1 Å². The topological polar surface area (TPSA) is 216 Å². The molecule has 4 unspecified atom stereocenters. The summed E-state index contributed by atoms with van der Waals surface area (Å²) in [7, 11) is 0. The van der Waals surface area contributed by atoms with E-state index in [2.05, 4.69) is 23.3 Å². The van der Waals surface area contributed by atoms with Crippen molar-refractivity contribution in [2.75, 3.05) is 12.3 Å². The number of nitrogens with two attached hydrogens (primary N) is 1. The number of nitrogens with zero attached hydrogens (tertiary/aromatic N) is 1. The van der Waals surface area contributed by atoms with E-state index in [4.69, 9.17) is 21.1 Å². The summed E-state index contributed by atoms with van der Waals surface area (Å²) in [5, 5.41) is 31.2. The highest BCUT2D eigenvalue weighted by molar-refractivity contribution is 7.80. The molecule has 180 valence electrons. The van der Waals surface area contributed by atoms with Gasteiger partial charge in [0.2, 0.25) is 17.7 Å². The molecule has 7 N–H and O–H groups in total. The summed E-state index contributed by atoms with van der Waals surface area (Å²) in [6.07, 6.45) is -0.400. The van der Waals surface area contributed by atoms with Crippen molar-refractivity contribution in [1.29, 1.82) is 0 Å². The van der Waals surface area contributed by atoms with Crippen LogP contribution in [-0.4, -0.2) is 92.3 Å². The smallest absolute Gasteiger partial charge is 0.326 e. The predicted octanol–water partition coefficient (Wildman–Crippen LogP) is -1.98. The number of carbonyl (C=O) groups excluding carboxylic acids is 3. The molecule has 0 spiro atoms. The molecule has 0 bridgehead atoms. The molecule has 0 radical (unpaired) electrons. The van der Waals surface area contributed by atoms with E-state index in [1.165, 1.54) is 4.90 Å². The quantitative estimate of drug-likeness (QED) is 0.145. The highest BCUT2D eigenvalue weighted by atomic mass is 32.1. The second-order valence-electron chi connectivity index (χ2n) is 7.30. The molecule has 1 heterocycles. The van der Waals surface area contributed by atoms with Gasteiger partial charge in [-0.1, -0.05) is 0 Å². The zero-order valence-electron chi connectivity index (χ0n) is 17.2. The third-order valence-corrected chi connectivity index (χ3v) is 5.27. The van der Waals surface area contributed by atoms with E-state index in [9.17, 15) is 28.8 Å². The van der Waals surface area contributed by atoms with E-state index in [0.29, 0.717) is 12.8 Å². The van der Waals surface area contributed by atoms with Gasteiger partial charge >= 0.3 is 17.9 Å². The van der Waals surface area contributed by atoms with Crippen molar-refractivity contribution in [2.24, 2.45) is 5.73 Å². The first-order valence-corrected chi connectivity index (χ1v) is 10.5. The number of aliphatic carboxylic acids is 3. The normalized spacial score (nSPS) is 18.3. The van der Waals surface area contributed by atoms with Gasteiger partial charge in [-0.15, -0.1) is 0 Å². The lowest BCUT2D eigenvalue weighted by atomic mass is 10.1. The van der Waals surface area contributed by atoms with E-state index in [1.807, 2.05) is 0 Å². The molecular formula is C18H28N4O9S. The molecule has 1 aliphatic rings. The third-order valence-electron chi connectivity index (χ3n) is 4.90. The van der Waals surface area contributed by atoms with Crippen molar-refractivity contribution in [3.63, 3.8) is 0 Å². The number of hydrogen-bond acceptors (Lipinski definition) is 8. The maximum atomic E-state index is 12.7. The maximum Gasteiger partial charge on any atom is 0.326 e. The van der Waals surface area contributed by atoms with Crippen LogP contribution in [0, 0.1) is 0 Å². The number of carbonyl (C=O) groups is 6. The van der Waals surface area contributed by atoms with Gasteiger partial charge in [0.1, 0.15) is 18.1 Å². The minimum absolute atomic E-state index is 0.0897. The summed E-state index contributed by atoms with van der Waals surface area (Å²) < 4.78 is 0. The number of nitrogens with one attached hydrogen (secondary N) is 2. The average Bonchev–Trinajstić information content (AvgIpc) is 3.21. The molecule has 0 aromatic carbocycles. The first-order chi connectivity index (χ1) is 15.0. The van der Waals surface area contributed by atoms with Gasteiger partial charge in [0, 0.05) is 25.1 Å². The molecule has 14 heteroatoms. The molecule has 1 saturated heterocycles. The first-order valence-electron chi connectivity index (χ1n) is 9.92. The minimum Gasteiger partial charge on any atom is -0.481 e. The van der Waals surface area contributed by atoms with E-state index in [-0.39, 0.29) is 31.6 Å². The fraction of sp³-hybridized carbons (Fsp3) is 0.667. The Bertz CT molecular complexity index is 748. The maximum absolute atomic E-state index is 12.7. The largest absolute Gasteiger partial charge is 0.481 e. The van der Waals surface area contributed by atoms with Crippen LogP contribution in [0.15, 0.2) is 0 Å². The van der Waals surface area contributed by atoms with Crippen LogP contribution in [0.1, 0.15) is 38.5 Å². The molecule has 0 aromatic rings. The standard InChI is InChI=1S/C18H28N4O9S/c19-9(3-5-13(23)24)17(29)22-7-1-2-12(22)16(28)21-11(8-32)15(27)20-10(18(30)31)4-6-14(25)26/h9-12,32H,1-8,19H2,(H,20,27)(H,21,28)(H,23,24)(H,25,26)(H,30,31). The van der Waals surface area contributed by atoms with Gasteiger partial charge in [-0.25, -0.2) is 4.79 Å². The zero-order chi connectivity index (χ0) is 24.4. The lowest BCUT2D eigenvalue weighted by molar-refractivity contribution is -0.144. The summed E-state index contributed by atoms with van der Waals surface area (Å²) >= 11 is 4.00. The monoisotopic (exact) mass is 476 g/mol. The number of likely N-dealkylation sites (tertiary alicyclic amines) is 1. The van der Waals surface area contributed by atoms with Gasteiger partial charge in [0.15, 0.2) is 0 Å². The lowest BCUT2D eigenvalue weighted by Gasteiger charge is -2.28. The highest BCUT2D eigenvalue weighted by Crippen LogP contribution is 2.19. The summed E-state index contributed by atoms with van der Waals surface area (Å²) in [5.74, 6) is -6.02.